The van der Waals surface area contributed by atoms with Crippen molar-refractivity contribution in [1.29, 1.82) is 0 Å². The van der Waals surface area contributed by atoms with Crippen LogP contribution >= 0.6 is 0 Å². The van der Waals surface area contributed by atoms with E-state index in [0.29, 0.717) is 16.7 Å². The normalized spacial score (nSPS) is 11.8. The summed E-state index contributed by atoms with van der Waals surface area (Å²) in [5, 5.41) is 3.05. The molecule has 0 aliphatic carbocycles. The van der Waals surface area contributed by atoms with E-state index < -0.39 is 29.3 Å². The summed E-state index contributed by atoms with van der Waals surface area (Å²) < 4.78 is 23.6. The summed E-state index contributed by atoms with van der Waals surface area (Å²) in [7, 11) is 1.48. The Morgan fingerprint density at radius 1 is 1.21 bits per heavy atom. The van der Waals surface area contributed by atoms with Crippen LogP contribution in [0.5, 0.6) is 5.75 Å². The third kappa shape index (κ3) is 4.17. The summed E-state index contributed by atoms with van der Waals surface area (Å²) in [5.41, 5.74) is 5.60. The molecule has 0 saturated heterocycles. The average Bonchev–Trinajstić information content (AvgIpc) is 2.66. The van der Waals surface area contributed by atoms with E-state index in [0.717, 1.165) is 6.07 Å². The molecule has 0 fully saturated rings. The maximum absolute atomic E-state index is 13.3. The standard InChI is InChI=1S/C20H17FN2O5/c1-27-14-5-6-15-12(9-18(24)28-17(15)10-14)8-16(19(22)25)23-20(26)11-3-2-4-13(21)7-11/h2-7,9-10,16H,8H2,1H3,(H2,22,25)(H,23,26)/t16-/m1/s1. The van der Waals surface area contributed by atoms with E-state index in [9.17, 15) is 18.8 Å². The Kier molecular flexibility index (Phi) is 5.39. The summed E-state index contributed by atoms with van der Waals surface area (Å²) in [4.78, 5) is 36.1. The first-order chi connectivity index (χ1) is 13.4. The van der Waals surface area contributed by atoms with E-state index in [1.807, 2.05) is 0 Å². The van der Waals surface area contributed by atoms with Crippen LogP contribution < -0.4 is 21.4 Å². The minimum Gasteiger partial charge on any atom is -0.497 e. The maximum Gasteiger partial charge on any atom is 0.336 e. The summed E-state index contributed by atoms with van der Waals surface area (Å²) >= 11 is 0. The molecular weight excluding hydrogens is 367 g/mol. The van der Waals surface area contributed by atoms with Crippen molar-refractivity contribution in [3.63, 3.8) is 0 Å². The van der Waals surface area contributed by atoms with Gasteiger partial charge in [-0.2, -0.15) is 0 Å². The highest BCUT2D eigenvalue weighted by Crippen LogP contribution is 2.23. The Hall–Kier alpha value is -3.68. The number of primary amides is 1. The fraction of sp³-hybridized carbons (Fsp3) is 0.150. The van der Waals surface area contributed by atoms with Gasteiger partial charge in [0.05, 0.1) is 7.11 Å². The first-order valence-corrected chi connectivity index (χ1v) is 8.34. The minimum absolute atomic E-state index is 0.0369. The molecule has 0 aliphatic heterocycles. The minimum atomic E-state index is -1.11. The molecule has 1 heterocycles. The fourth-order valence-electron chi connectivity index (χ4n) is 2.82. The number of halogens is 1. The quantitative estimate of drug-likeness (QED) is 0.629. The lowest BCUT2D eigenvalue weighted by Gasteiger charge is -2.16. The third-order valence-electron chi connectivity index (χ3n) is 4.20. The Labute approximate surface area is 158 Å². The number of methoxy groups -OCH3 is 1. The van der Waals surface area contributed by atoms with Crippen molar-refractivity contribution in [2.24, 2.45) is 5.73 Å². The highest BCUT2D eigenvalue weighted by atomic mass is 19.1. The second-order valence-corrected chi connectivity index (χ2v) is 6.10. The lowest BCUT2D eigenvalue weighted by atomic mass is 10.0. The van der Waals surface area contributed by atoms with E-state index in [1.165, 1.54) is 31.4 Å². The highest BCUT2D eigenvalue weighted by Gasteiger charge is 2.21. The number of nitrogens with two attached hydrogens (primary N) is 1. The molecule has 144 valence electrons. The summed E-state index contributed by atoms with van der Waals surface area (Å²) in [6, 6.07) is 10.1. The van der Waals surface area contributed by atoms with Crippen LogP contribution in [0.2, 0.25) is 0 Å². The molecule has 2 aromatic carbocycles. The van der Waals surface area contributed by atoms with E-state index in [4.69, 9.17) is 14.9 Å². The molecule has 7 nitrogen and oxygen atoms in total. The Balaban J connectivity index is 1.91. The summed E-state index contributed by atoms with van der Waals surface area (Å²) in [6.45, 7) is 0. The predicted octanol–water partition coefficient (Wildman–Crippen LogP) is 1.77. The molecule has 8 heteroatoms. The van der Waals surface area contributed by atoms with E-state index in [2.05, 4.69) is 5.32 Å². The van der Waals surface area contributed by atoms with Crippen molar-refractivity contribution in [1.82, 2.24) is 5.32 Å². The number of hydrogen-bond donors (Lipinski definition) is 2. The van der Waals surface area contributed by atoms with Gasteiger partial charge in [0.2, 0.25) is 5.91 Å². The van der Waals surface area contributed by atoms with Crippen molar-refractivity contribution in [2.45, 2.75) is 12.5 Å². The second-order valence-electron chi connectivity index (χ2n) is 6.10. The lowest BCUT2D eigenvalue weighted by Crippen LogP contribution is -2.46. The first-order valence-electron chi connectivity index (χ1n) is 8.34. The first kappa shape index (κ1) is 19.1. The zero-order valence-electron chi connectivity index (χ0n) is 14.9. The van der Waals surface area contributed by atoms with Crippen molar-refractivity contribution in [3.8, 4) is 5.75 Å². The molecule has 2 amide bonds. The van der Waals surface area contributed by atoms with Crippen LogP contribution in [0, 0.1) is 5.82 Å². The van der Waals surface area contributed by atoms with Gasteiger partial charge in [0.15, 0.2) is 0 Å². The van der Waals surface area contributed by atoms with Crippen LogP contribution in [0.4, 0.5) is 4.39 Å². The van der Waals surface area contributed by atoms with E-state index in [-0.39, 0.29) is 17.6 Å². The monoisotopic (exact) mass is 384 g/mol. The van der Waals surface area contributed by atoms with Gasteiger partial charge in [-0.05, 0) is 35.9 Å². The van der Waals surface area contributed by atoms with E-state index in [1.54, 1.807) is 18.2 Å². The molecule has 3 rings (SSSR count). The van der Waals surface area contributed by atoms with Gasteiger partial charge in [-0.1, -0.05) is 6.07 Å². The largest absolute Gasteiger partial charge is 0.497 e. The van der Waals surface area contributed by atoms with Crippen molar-refractivity contribution in [3.05, 3.63) is 75.9 Å². The van der Waals surface area contributed by atoms with Gasteiger partial charge in [0, 0.05) is 29.5 Å². The molecule has 0 radical (unpaired) electrons. The number of amides is 2. The SMILES string of the molecule is COc1ccc2c(C[C@@H](NC(=O)c3cccc(F)c3)C(N)=O)cc(=O)oc2c1. The van der Waals surface area contributed by atoms with Gasteiger partial charge in [0.25, 0.3) is 5.91 Å². The number of rotatable bonds is 6. The van der Waals surface area contributed by atoms with Gasteiger partial charge < -0.3 is 20.2 Å². The van der Waals surface area contributed by atoms with Gasteiger partial charge >= 0.3 is 5.63 Å². The highest BCUT2D eigenvalue weighted by molar-refractivity contribution is 5.97. The van der Waals surface area contributed by atoms with Crippen LogP contribution in [-0.4, -0.2) is 25.0 Å². The Morgan fingerprint density at radius 2 is 2.00 bits per heavy atom. The zero-order chi connectivity index (χ0) is 20.3. The molecule has 0 unspecified atom stereocenters. The van der Waals surface area contributed by atoms with Gasteiger partial charge in [0.1, 0.15) is 23.2 Å². The van der Waals surface area contributed by atoms with E-state index >= 15 is 0 Å². The second kappa shape index (κ2) is 7.91. The average molecular weight is 384 g/mol. The number of benzene rings is 2. The molecule has 1 atom stereocenters. The maximum atomic E-state index is 13.3. The number of fused-ring (bicyclic) bond motifs is 1. The smallest absolute Gasteiger partial charge is 0.336 e. The molecule has 0 aliphatic rings. The molecule has 0 spiro atoms. The van der Waals surface area contributed by atoms with Crippen LogP contribution in [-0.2, 0) is 11.2 Å². The number of nitrogens with one attached hydrogen (secondary N) is 1. The zero-order valence-corrected chi connectivity index (χ0v) is 14.9. The van der Waals surface area contributed by atoms with Crippen molar-refractivity contribution >= 4 is 22.8 Å². The van der Waals surface area contributed by atoms with Gasteiger partial charge in [-0.3, -0.25) is 9.59 Å². The topological polar surface area (TPSA) is 112 Å². The van der Waals surface area contributed by atoms with Crippen molar-refractivity contribution in [2.75, 3.05) is 7.11 Å². The lowest BCUT2D eigenvalue weighted by molar-refractivity contribution is -0.119. The van der Waals surface area contributed by atoms with Gasteiger partial charge in [-0.25, -0.2) is 9.18 Å². The number of ether oxygens (including phenoxy) is 1. The molecule has 3 N–H and O–H groups in total. The van der Waals surface area contributed by atoms with Crippen LogP contribution in [0.3, 0.4) is 0 Å². The number of carbonyl (C=O) groups is 2. The van der Waals surface area contributed by atoms with Gasteiger partial charge in [-0.15, -0.1) is 0 Å². The molecular formula is C20H17FN2O5. The van der Waals surface area contributed by atoms with Crippen LogP contribution in [0.15, 0.2) is 57.7 Å². The molecule has 3 aromatic rings. The Morgan fingerprint density at radius 3 is 2.68 bits per heavy atom. The number of carbonyl (C=O) groups excluding carboxylic acids is 2. The fourth-order valence-corrected chi connectivity index (χ4v) is 2.82. The molecule has 28 heavy (non-hydrogen) atoms. The predicted molar refractivity (Wildman–Crippen MR) is 99.6 cm³/mol. The summed E-state index contributed by atoms with van der Waals surface area (Å²) in [5.74, 6) is -1.53. The molecule has 0 saturated carbocycles. The van der Waals surface area contributed by atoms with Crippen molar-refractivity contribution < 1.29 is 23.1 Å². The summed E-state index contributed by atoms with van der Waals surface area (Å²) in [6.07, 6.45) is -0.0369. The van der Waals surface area contributed by atoms with Crippen LogP contribution in [0.25, 0.3) is 11.0 Å². The van der Waals surface area contributed by atoms with Crippen LogP contribution in [0.1, 0.15) is 15.9 Å². The third-order valence-corrected chi connectivity index (χ3v) is 4.20. The Bertz CT molecular complexity index is 1110. The molecule has 1 aromatic heterocycles. The molecule has 0 bridgehead atoms. The number of hydrogen-bond acceptors (Lipinski definition) is 5.